The van der Waals surface area contributed by atoms with E-state index in [-0.39, 0.29) is 5.91 Å². The summed E-state index contributed by atoms with van der Waals surface area (Å²) in [5.74, 6) is -0.244. The number of rotatable bonds is 5. The van der Waals surface area contributed by atoms with Gasteiger partial charge >= 0.3 is 0 Å². The van der Waals surface area contributed by atoms with Crippen LogP contribution in [0.5, 0.6) is 0 Å². The molecule has 1 aromatic heterocycles. The maximum absolute atomic E-state index is 12.6. The lowest BCUT2D eigenvalue weighted by Crippen LogP contribution is -2.08. The highest BCUT2D eigenvalue weighted by molar-refractivity contribution is 6.30. The second-order valence-electron chi connectivity index (χ2n) is 7.03. The predicted molar refractivity (Wildman–Crippen MR) is 129 cm³/mol. The van der Waals surface area contributed by atoms with Gasteiger partial charge in [-0.1, -0.05) is 60.2 Å². The van der Waals surface area contributed by atoms with Crippen LogP contribution in [-0.2, 0) is 4.79 Å². The highest BCUT2D eigenvalue weighted by atomic mass is 35.5. The summed E-state index contributed by atoms with van der Waals surface area (Å²) in [7, 11) is 0. The smallest absolute Gasteiger partial charge is 0.248 e. The van der Waals surface area contributed by atoms with E-state index >= 15 is 0 Å². The van der Waals surface area contributed by atoms with Gasteiger partial charge in [-0.05, 0) is 53.1 Å². The molecule has 0 saturated heterocycles. The first-order valence-electron chi connectivity index (χ1n) is 9.92. The van der Waals surface area contributed by atoms with Crippen molar-refractivity contribution in [2.24, 2.45) is 0 Å². The average Bonchev–Trinajstić information content (AvgIpc) is 2.83. The third-order valence-corrected chi connectivity index (χ3v) is 5.16. The molecule has 154 valence electrons. The molecule has 32 heavy (non-hydrogen) atoms. The van der Waals surface area contributed by atoms with Gasteiger partial charge in [-0.3, -0.25) is 9.78 Å². The number of nitriles is 1. The van der Waals surface area contributed by atoms with Crippen molar-refractivity contribution in [3.05, 3.63) is 125 Å². The van der Waals surface area contributed by atoms with Crippen LogP contribution < -0.4 is 5.32 Å². The van der Waals surface area contributed by atoms with Crippen LogP contribution in [-0.4, -0.2) is 10.9 Å². The first-order chi connectivity index (χ1) is 15.6. The lowest BCUT2D eigenvalue weighted by atomic mass is 9.96. The zero-order valence-electron chi connectivity index (χ0n) is 17.0. The Kier molecular flexibility index (Phi) is 6.41. The van der Waals surface area contributed by atoms with E-state index in [1.165, 1.54) is 6.08 Å². The fourth-order valence-electron chi connectivity index (χ4n) is 3.38. The molecule has 0 fully saturated rings. The van der Waals surface area contributed by atoms with E-state index in [1.54, 1.807) is 24.5 Å². The molecule has 4 aromatic rings. The van der Waals surface area contributed by atoms with Crippen LogP contribution in [0.2, 0.25) is 5.02 Å². The highest BCUT2D eigenvalue weighted by Gasteiger charge is 2.07. The number of nitrogens with one attached hydrogen (secondary N) is 1. The first-order valence-corrected chi connectivity index (χ1v) is 10.3. The maximum atomic E-state index is 12.6. The average molecular weight is 436 g/mol. The van der Waals surface area contributed by atoms with Crippen molar-refractivity contribution in [3.63, 3.8) is 0 Å². The van der Waals surface area contributed by atoms with Gasteiger partial charge in [-0.2, -0.15) is 5.26 Å². The molecule has 5 heteroatoms. The number of anilines is 1. The molecule has 0 aliphatic carbocycles. The number of benzene rings is 3. The van der Waals surface area contributed by atoms with Crippen molar-refractivity contribution in [1.82, 2.24) is 4.98 Å². The molecule has 0 radical (unpaired) electrons. The zero-order valence-corrected chi connectivity index (χ0v) is 17.8. The Morgan fingerprint density at radius 1 is 1.00 bits per heavy atom. The van der Waals surface area contributed by atoms with Crippen molar-refractivity contribution in [3.8, 4) is 6.07 Å². The molecule has 0 unspecified atom stereocenters. The minimum atomic E-state index is -0.244. The molecule has 0 saturated carbocycles. The maximum Gasteiger partial charge on any atom is 0.248 e. The number of aromatic nitrogens is 1. The Morgan fingerprint density at radius 3 is 2.62 bits per heavy atom. The van der Waals surface area contributed by atoms with Crippen molar-refractivity contribution in [2.75, 3.05) is 5.32 Å². The summed E-state index contributed by atoms with van der Waals surface area (Å²) in [4.78, 5) is 16.7. The molecule has 4 rings (SSSR count). The van der Waals surface area contributed by atoms with Crippen LogP contribution in [0.4, 0.5) is 5.69 Å². The molecular formula is C27H18ClN3O. The number of pyridine rings is 1. The summed E-state index contributed by atoms with van der Waals surface area (Å²) in [6.45, 7) is 0. The van der Waals surface area contributed by atoms with Crippen molar-refractivity contribution < 1.29 is 4.79 Å². The van der Waals surface area contributed by atoms with Gasteiger partial charge in [0.05, 0.1) is 11.6 Å². The SMILES string of the molecule is N#Cc1cccc(/C(=C\C=C\C(=O)Nc2cccc3cnccc23)c2ccc(Cl)cc2)c1. The van der Waals surface area contributed by atoms with Gasteiger partial charge < -0.3 is 5.32 Å². The van der Waals surface area contributed by atoms with E-state index in [4.69, 9.17) is 11.6 Å². The summed E-state index contributed by atoms with van der Waals surface area (Å²) < 4.78 is 0. The molecule has 4 nitrogen and oxygen atoms in total. The van der Waals surface area contributed by atoms with E-state index in [1.807, 2.05) is 72.8 Å². The van der Waals surface area contributed by atoms with Gasteiger partial charge in [0.1, 0.15) is 0 Å². The quantitative estimate of drug-likeness (QED) is 0.292. The molecule has 0 aliphatic heterocycles. The second kappa shape index (κ2) is 9.74. The predicted octanol–water partition coefficient (Wildman–Crippen LogP) is 6.39. The summed E-state index contributed by atoms with van der Waals surface area (Å²) in [6, 6.07) is 24.5. The van der Waals surface area contributed by atoms with Gasteiger partial charge in [0.15, 0.2) is 0 Å². The van der Waals surface area contributed by atoms with Gasteiger partial charge in [-0.25, -0.2) is 0 Å². The van der Waals surface area contributed by atoms with E-state index in [0.29, 0.717) is 10.6 Å². The lowest BCUT2D eigenvalue weighted by molar-refractivity contribution is -0.111. The summed E-state index contributed by atoms with van der Waals surface area (Å²) in [5.41, 5.74) is 3.96. The zero-order chi connectivity index (χ0) is 22.3. The van der Waals surface area contributed by atoms with Crippen LogP contribution in [0, 0.1) is 11.3 Å². The molecule has 0 atom stereocenters. The molecule has 1 heterocycles. The Labute approximate surface area is 191 Å². The van der Waals surface area contributed by atoms with Gasteiger partial charge in [0.2, 0.25) is 5.91 Å². The van der Waals surface area contributed by atoms with Gasteiger partial charge in [0, 0.05) is 40.0 Å². The van der Waals surface area contributed by atoms with Crippen molar-refractivity contribution in [1.29, 1.82) is 5.26 Å². The number of fused-ring (bicyclic) bond motifs is 1. The van der Waals surface area contributed by atoms with Gasteiger partial charge in [-0.15, -0.1) is 0 Å². The summed E-state index contributed by atoms with van der Waals surface area (Å²) in [5, 5.41) is 14.7. The molecule has 3 aromatic carbocycles. The standard InChI is InChI=1S/C27H18ClN3O/c28-23-12-10-20(11-13-23)24(21-5-1-4-19(16-21)17-29)7-3-9-27(32)31-26-8-2-6-22-18-30-15-14-25(22)26/h1-16,18H,(H,31,32)/b9-3+,24-7-. The number of carbonyl (C=O) groups is 1. The molecule has 0 spiro atoms. The van der Waals surface area contributed by atoms with E-state index in [0.717, 1.165) is 33.2 Å². The summed E-state index contributed by atoms with van der Waals surface area (Å²) in [6.07, 6.45) is 8.49. The van der Waals surface area contributed by atoms with Crippen molar-refractivity contribution in [2.45, 2.75) is 0 Å². The number of nitrogens with zero attached hydrogens (tertiary/aromatic N) is 2. The molecular weight excluding hydrogens is 418 g/mol. The number of halogens is 1. The highest BCUT2D eigenvalue weighted by Crippen LogP contribution is 2.26. The normalized spacial score (nSPS) is 11.4. The number of hydrogen-bond donors (Lipinski definition) is 1. The summed E-state index contributed by atoms with van der Waals surface area (Å²) >= 11 is 6.04. The number of allylic oxidation sites excluding steroid dienone is 2. The Balaban J connectivity index is 1.62. The fraction of sp³-hybridized carbons (Fsp3) is 0. The third-order valence-electron chi connectivity index (χ3n) is 4.91. The second-order valence-corrected chi connectivity index (χ2v) is 7.47. The Bertz CT molecular complexity index is 1380. The minimum absolute atomic E-state index is 0.244. The third kappa shape index (κ3) is 4.92. The molecule has 1 amide bonds. The van der Waals surface area contributed by atoms with E-state index in [2.05, 4.69) is 16.4 Å². The van der Waals surface area contributed by atoms with Crippen LogP contribution in [0.1, 0.15) is 16.7 Å². The topological polar surface area (TPSA) is 65.8 Å². The monoisotopic (exact) mass is 435 g/mol. The van der Waals surface area contributed by atoms with Crippen LogP contribution in [0.25, 0.3) is 16.3 Å². The van der Waals surface area contributed by atoms with E-state index < -0.39 is 0 Å². The molecule has 0 bridgehead atoms. The first kappa shape index (κ1) is 21.0. The largest absolute Gasteiger partial charge is 0.322 e. The van der Waals surface area contributed by atoms with Crippen molar-refractivity contribution >= 4 is 39.5 Å². The Morgan fingerprint density at radius 2 is 1.81 bits per heavy atom. The Hall–Kier alpha value is -4.20. The molecule has 1 N–H and O–H groups in total. The number of amides is 1. The van der Waals surface area contributed by atoms with Crippen LogP contribution in [0.3, 0.4) is 0 Å². The molecule has 0 aliphatic rings. The lowest BCUT2D eigenvalue weighted by Gasteiger charge is -2.09. The number of carbonyl (C=O) groups excluding carboxylic acids is 1. The fourth-order valence-corrected chi connectivity index (χ4v) is 3.51. The van der Waals surface area contributed by atoms with Gasteiger partial charge in [0.25, 0.3) is 0 Å². The number of hydrogen-bond acceptors (Lipinski definition) is 3. The van der Waals surface area contributed by atoms with Crippen LogP contribution in [0.15, 0.2) is 103 Å². The van der Waals surface area contributed by atoms with Crippen LogP contribution >= 0.6 is 11.6 Å². The van der Waals surface area contributed by atoms with E-state index in [9.17, 15) is 10.1 Å². The minimum Gasteiger partial charge on any atom is -0.322 e.